The maximum atomic E-state index is 13.5. The van der Waals surface area contributed by atoms with Crippen LogP contribution in [0.3, 0.4) is 0 Å². The second kappa shape index (κ2) is 7.49. The summed E-state index contributed by atoms with van der Waals surface area (Å²) in [5, 5.41) is 4.28. The van der Waals surface area contributed by atoms with Crippen molar-refractivity contribution in [2.24, 2.45) is 0 Å². The van der Waals surface area contributed by atoms with E-state index < -0.39 is 35.1 Å². The van der Waals surface area contributed by atoms with Gasteiger partial charge in [0.1, 0.15) is 11.5 Å². The van der Waals surface area contributed by atoms with E-state index in [-0.39, 0.29) is 12.3 Å². The van der Waals surface area contributed by atoms with Crippen LogP contribution in [-0.2, 0) is 4.74 Å². The van der Waals surface area contributed by atoms with Crippen LogP contribution < -0.4 is 10.6 Å². The number of amides is 2. The fourth-order valence-electron chi connectivity index (χ4n) is 1.84. The zero-order chi connectivity index (χ0) is 17.7. The minimum atomic E-state index is -1.24. The molecule has 0 radical (unpaired) electrons. The lowest BCUT2D eigenvalue weighted by atomic mass is 10.2. The van der Waals surface area contributed by atoms with E-state index in [2.05, 4.69) is 5.32 Å². The molecule has 0 fully saturated rings. The highest BCUT2D eigenvalue weighted by Crippen LogP contribution is 2.20. The quantitative estimate of drug-likeness (QED) is 0.830. The third kappa shape index (κ3) is 4.25. The van der Waals surface area contributed by atoms with Crippen molar-refractivity contribution in [3.05, 3.63) is 59.4 Å². The summed E-state index contributed by atoms with van der Waals surface area (Å²) in [5.74, 6) is -4.07. The molecule has 126 valence electrons. The molecular formula is C16H13F3N2O3. The van der Waals surface area contributed by atoms with Crippen LogP contribution >= 0.6 is 0 Å². The molecule has 0 saturated carbocycles. The van der Waals surface area contributed by atoms with Crippen molar-refractivity contribution in [2.45, 2.75) is 6.92 Å². The molecule has 2 N–H and O–H groups in total. The molecule has 0 spiro atoms. The molecule has 2 aromatic rings. The predicted octanol–water partition coefficient (Wildman–Crippen LogP) is 3.92. The Morgan fingerprint density at radius 2 is 1.58 bits per heavy atom. The van der Waals surface area contributed by atoms with E-state index in [4.69, 9.17) is 4.74 Å². The Bertz CT molecular complexity index is 741. The molecule has 8 heteroatoms. The van der Waals surface area contributed by atoms with Gasteiger partial charge in [-0.15, -0.1) is 0 Å². The second-order valence-electron chi connectivity index (χ2n) is 4.62. The number of hydrogen-bond donors (Lipinski definition) is 2. The van der Waals surface area contributed by atoms with Crippen LogP contribution in [0.4, 0.5) is 29.3 Å². The van der Waals surface area contributed by atoms with Crippen LogP contribution in [0.15, 0.2) is 36.4 Å². The molecular weight excluding hydrogens is 325 g/mol. The highest BCUT2D eigenvalue weighted by molar-refractivity contribution is 6.00. The number of benzene rings is 2. The topological polar surface area (TPSA) is 67.4 Å². The Kier molecular flexibility index (Phi) is 5.41. The van der Waals surface area contributed by atoms with Crippen molar-refractivity contribution in [2.75, 3.05) is 17.2 Å². The smallest absolute Gasteiger partial charge is 0.338 e. The fraction of sp³-hybridized carbons (Fsp3) is 0.125. The molecule has 24 heavy (non-hydrogen) atoms. The molecule has 0 bridgehead atoms. The molecule has 0 atom stereocenters. The molecule has 0 aliphatic rings. The van der Waals surface area contributed by atoms with Crippen molar-refractivity contribution in [3.8, 4) is 0 Å². The van der Waals surface area contributed by atoms with E-state index >= 15 is 0 Å². The number of anilines is 2. The first-order valence-electron chi connectivity index (χ1n) is 6.90. The van der Waals surface area contributed by atoms with E-state index in [9.17, 15) is 22.8 Å². The maximum absolute atomic E-state index is 13.5. The van der Waals surface area contributed by atoms with Crippen LogP contribution in [-0.4, -0.2) is 18.6 Å². The van der Waals surface area contributed by atoms with Crippen molar-refractivity contribution in [1.29, 1.82) is 0 Å². The first-order chi connectivity index (χ1) is 11.4. The molecule has 0 unspecified atom stereocenters. The number of halogens is 3. The van der Waals surface area contributed by atoms with Gasteiger partial charge in [-0.05, 0) is 31.2 Å². The van der Waals surface area contributed by atoms with Gasteiger partial charge in [0.25, 0.3) is 0 Å². The van der Waals surface area contributed by atoms with Crippen LogP contribution in [0.2, 0.25) is 0 Å². The SMILES string of the molecule is CCOC(=O)c1ccc(NC(=O)Nc2c(F)cc(F)cc2F)cc1. The molecule has 0 heterocycles. The Morgan fingerprint density at radius 3 is 2.12 bits per heavy atom. The number of carbonyl (C=O) groups is 2. The van der Waals surface area contributed by atoms with Gasteiger partial charge in [0, 0.05) is 17.8 Å². The summed E-state index contributed by atoms with van der Waals surface area (Å²) in [6.45, 7) is 1.90. The average Bonchev–Trinajstić information content (AvgIpc) is 2.52. The standard InChI is InChI=1S/C16H13F3N2O3/c1-2-24-15(22)9-3-5-11(6-4-9)20-16(23)21-14-12(18)7-10(17)8-13(14)19/h3-8H,2H2,1H3,(H2,20,21,23). The number of ether oxygens (including phenoxy) is 1. The first-order valence-corrected chi connectivity index (χ1v) is 6.90. The molecule has 2 aromatic carbocycles. The zero-order valence-electron chi connectivity index (χ0n) is 12.5. The summed E-state index contributed by atoms with van der Waals surface area (Å²) >= 11 is 0. The summed E-state index contributed by atoms with van der Waals surface area (Å²) in [6, 6.07) is 5.66. The number of rotatable bonds is 4. The lowest BCUT2D eigenvalue weighted by molar-refractivity contribution is 0.0526. The van der Waals surface area contributed by atoms with Gasteiger partial charge < -0.3 is 15.4 Å². The normalized spacial score (nSPS) is 10.2. The van der Waals surface area contributed by atoms with E-state index in [0.717, 1.165) is 0 Å². The van der Waals surface area contributed by atoms with Gasteiger partial charge in [0.2, 0.25) is 0 Å². The largest absolute Gasteiger partial charge is 0.462 e. The summed E-state index contributed by atoms with van der Waals surface area (Å²) in [4.78, 5) is 23.2. The lowest BCUT2D eigenvalue weighted by Crippen LogP contribution is -2.21. The highest BCUT2D eigenvalue weighted by atomic mass is 19.1. The number of carbonyl (C=O) groups excluding carboxylic acids is 2. The Balaban J connectivity index is 2.04. The zero-order valence-corrected chi connectivity index (χ0v) is 12.5. The van der Waals surface area contributed by atoms with Crippen LogP contribution in [0, 0.1) is 17.5 Å². The molecule has 2 amide bonds. The van der Waals surface area contributed by atoms with Crippen LogP contribution in [0.1, 0.15) is 17.3 Å². The molecule has 2 rings (SSSR count). The van der Waals surface area contributed by atoms with E-state index in [1.54, 1.807) is 6.92 Å². The van der Waals surface area contributed by atoms with Crippen LogP contribution in [0.25, 0.3) is 0 Å². The monoisotopic (exact) mass is 338 g/mol. The Hall–Kier alpha value is -3.03. The van der Waals surface area contributed by atoms with Crippen molar-refractivity contribution in [3.63, 3.8) is 0 Å². The second-order valence-corrected chi connectivity index (χ2v) is 4.62. The number of hydrogen-bond acceptors (Lipinski definition) is 3. The highest BCUT2D eigenvalue weighted by Gasteiger charge is 2.14. The molecule has 0 aromatic heterocycles. The lowest BCUT2D eigenvalue weighted by Gasteiger charge is -2.10. The third-order valence-corrected chi connectivity index (χ3v) is 2.90. The Labute approximate surface area is 135 Å². The molecule has 0 aliphatic carbocycles. The summed E-state index contributed by atoms with van der Waals surface area (Å²) < 4.78 is 44.5. The van der Waals surface area contributed by atoms with Crippen molar-refractivity contribution < 1.29 is 27.5 Å². The van der Waals surface area contributed by atoms with Crippen LogP contribution in [0.5, 0.6) is 0 Å². The molecule has 0 saturated heterocycles. The Morgan fingerprint density at radius 1 is 1.00 bits per heavy atom. The van der Waals surface area contributed by atoms with E-state index in [0.29, 0.717) is 17.7 Å². The fourth-order valence-corrected chi connectivity index (χ4v) is 1.84. The van der Waals surface area contributed by atoms with Crippen molar-refractivity contribution >= 4 is 23.4 Å². The van der Waals surface area contributed by atoms with E-state index in [1.807, 2.05) is 5.32 Å². The maximum Gasteiger partial charge on any atom is 0.338 e. The van der Waals surface area contributed by atoms with Gasteiger partial charge in [-0.1, -0.05) is 0 Å². The van der Waals surface area contributed by atoms with Gasteiger partial charge in [-0.2, -0.15) is 0 Å². The summed E-state index contributed by atoms with van der Waals surface area (Å²) in [7, 11) is 0. The molecule has 0 aliphatic heterocycles. The minimum absolute atomic E-state index is 0.232. The average molecular weight is 338 g/mol. The third-order valence-electron chi connectivity index (χ3n) is 2.90. The van der Waals surface area contributed by atoms with Gasteiger partial charge in [0.15, 0.2) is 11.6 Å². The van der Waals surface area contributed by atoms with E-state index in [1.165, 1.54) is 24.3 Å². The van der Waals surface area contributed by atoms with Crippen molar-refractivity contribution in [1.82, 2.24) is 0 Å². The van der Waals surface area contributed by atoms with Gasteiger partial charge in [0.05, 0.1) is 12.2 Å². The summed E-state index contributed by atoms with van der Waals surface area (Å²) in [5.41, 5.74) is -0.195. The first kappa shape index (κ1) is 17.3. The number of urea groups is 1. The van der Waals surface area contributed by atoms with Gasteiger partial charge in [-0.3, -0.25) is 0 Å². The number of esters is 1. The summed E-state index contributed by atoms with van der Waals surface area (Å²) in [6.07, 6.45) is 0. The van der Waals surface area contributed by atoms with Gasteiger partial charge in [-0.25, -0.2) is 22.8 Å². The molecule has 5 nitrogen and oxygen atoms in total. The predicted molar refractivity (Wildman–Crippen MR) is 81.4 cm³/mol. The minimum Gasteiger partial charge on any atom is -0.462 e. The van der Waals surface area contributed by atoms with Gasteiger partial charge >= 0.3 is 12.0 Å². The number of nitrogens with one attached hydrogen (secondary N) is 2.